The van der Waals surface area contributed by atoms with Crippen molar-refractivity contribution in [2.45, 2.75) is 50.6 Å². The van der Waals surface area contributed by atoms with Gasteiger partial charge >= 0.3 is 5.97 Å². The molecule has 2 saturated carbocycles. The van der Waals surface area contributed by atoms with Crippen LogP contribution in [0.3, 0.4) is 0 Å². The van der Waals surface area contributed by atoms with Gasteiger partial charge in [0.15, 0.2) is 0 Å². The van der Waals surface area contributed by atoms with Crippen LogP contribution in [0, 0.1) is 5.92 Å². The van der Waals surface area contributed by atoms with Crippen LogP contribution in [0.15, 0.2) is 0 Å². The Labute approximate surface area is 148 Å². The predicted molar refractivity (Wildman–Crippen MR) is 91.5 cm³/mol. The quantitative estimate of drug-likeness (QED) is 0.582. The monoisotopic (exact) mass is 373 g/mol. The summed E-state index contributed by atoms with van der Waals surface area (Å²) in [6.07, 6.45) is 4.72. The predicted octanol–water partition coefficient (Wildman–Crippen LogP) is -0.144. The van der Waals surface area contributed by atoms with E-state index in [0.29, 0.717) is 18.9 Å². The molecule has 0 radical (unpaired) electrons. The fraction of sp³-hybridized carbons (Fsp3) is 0.875. The molecule has 3 rings (SSSR count). The van der Waals surface area contributed by atoms with Gasteiger partial charge in [-0.15, -0.1) is 0 Å². The van der Waals surface area contributed by atoms with Crippen molar-refractivity contribution in [3.05, 3.63) is 0 Å². The van der Waals surface area contributed by atoms with Gasteiger partial charge in [0, 0.05) is 38.1 Å². The van der Waals surface area contributed by atoms with E-state index in [-0.39, 0.29) is 43.3 Å². The summed E-state index contributed by atoms with van der Waals surface area (Å²) in [6.45, 7) is 1.66. The molecule has 1 heterocycles. The third-order valence-electron chi connectivity index (χ3n) is 5.31. The highest BCUT2D eigenvalue weighted by Gasteiger charge is 2.37. The highest BCUT2D eigenvalue weighted by molar-refractivity contribution is 7.89. The molecule has 0 aromatic rings. The first kappa shape index (κ1) is 18.6. The summed E-state index contributed by atoms with van der Waals surface area (Å²) in [6, 6.07) is 0.296. The van der Waals surface area contributed by atoms with E-state index in [4.69, 9.17) is 5.11 Å². The van der Waals surface area contributed by atoms with Crippen molar-refractivity contribution in [1.82, 2.24) is 14.5 Å². The molecule has 1 amide bonds. The van der Waals surface area contributed by atoms with Crippen LogP contribution in [0.2, 0.25) is 0 Å². The van der Waals surface area contributed by atoms with Crippen molar-refractivity contribution in [3.63, 3.8) is 0 Å². The summed E-state index contributed by atoms with van der Waals surface area (Å²) >= 11 is 0. The first-order chi connectivity index (χ1) is 11.8. The lowest BCUT2D eigenvalue weighted by atomic mass is 9.85. The van der Waals surface area contributed by atoms with Gasteiger partial charge in [-0.25, -0.2) is 12.7 Å². The van der Waals surface area contributed by atoms with Crippen LogP contribution in [-0.2, 0) is 19.6 Å². The molecule has 2 N–H and O–H groups in total. The van der Waals surface area contributed by atoms with Gasteiger partial charge in [0.1, 0.15) is 0 Å². The number of nitrogens with one attached hydrogen (secondary N) is 1. The Kier molecular flexibility index (Phi) is 5.65. The average Bonchev–Trinajstić information content (AvgIpc) is 3.22. The Morgan fingerprint density at radius 2 is 1.96 bits per heavy atom. The molecule has 25 heavy (non-hydrogen) atoms. The molecule has 142 valence electrons. The van der Waals surface area contributed by atoms with Gasteiger partial charge in [0.25, 0.3) is 0 Å². The largest absolute Gasteiger partial charge is 0.480 e. The van der Waals surface area contributed by atoms with Crippen molar-refractivity contribution in [2.75, 3.05) is 31.9 Å². The van der Waals surface area contributed by atoms with Gasteiger partial charge in [-0.2, -0.15) is 0 Å². The number of hydrogen-bond acceptors (Lipinski definition) is 5. The average molecular weight is 373 g/mol. The molecule has 0 atom stereocenters. The summed E-state index contributed by atoms with van der Waals surface area (Å²) in [5, 5.41) is 12.0. The summed E-state index contributed by atoms with van der Waals surface area (Å²) in [7, 11) is -3.15. The molecule has 3 aliphatic rings. The Morgan fingerprint density at radius 1 is 1.24 bits per heavy atom. The first-order valence-electron chi connectivity index (χ1n) is 9.06. The molecule has 1 saturated heterocycles. The van der Waals surface area contributed by atoms with Crippen LogP contribution in [0.1, 0.15) is 38.5 Å². The van der Waals surface area contributed by atoms with E-state index < -0.39 is 16.0 Å². The number of carbonyl (C=O) groups excluding carboxylic acids is 1. The van der Waals surface area contributed by atoms with Crippen LogP contribution in [-0.4, -0.2) is 78.6 Å². The summed E-state index contributed by atoms with van der Waals surface area (Å²) in [5.74, 6) is -0.118. The lowest BCUT2D eigenvalue weighted by Gasteiger charge is -2.42. The standard InChI is InChI=1S/C16H27N3O5S/c20-15(4-6-19-5-1-7-25(19,23)24)17-13-8-14(9-13)18(11-16(21)22)10-12-2-3-12/h12-14H,1-11H2,(H,17,20)(H,21,22). The minimum atomic E-state index is -3.15. The Balaban J connectivity index is 1.37. The lowest BCUT2D eigenvalue weighted by Crippen LogP contribution is -2.55. The number of rotatable bonds is 9. The van der Waals surface area contributed by atoms with Crippen LogP contribution < -0.4 is 5.32 Å². The molecule has 8 nitrogen and oxygen atoms in total. The molecule has 2 aliphatic carbocycles. The van der Waals surface area contributed by atoms with Crippen molar-refractivity contribution in [2.24, 2.45) is 5.92 Å². The van der Waals surface area contributed by atoms with Gasteiger partial charge in [-0.3, -0.25) is 14.5 Å². The number of sulfonamides is 1. The minimum absolute atomic E-state index is 0.0641. The third-order valence-corrected chi connectivity index (χ3v) is 7.27. The maximum Gasteiger partial charge on any atom is 0.317 e. The Hall–Kier alpha value is -1.19. The van der Waals surface area contributed by atoms with Crippen LogP contribution in [0.4, 0.5) is 0 Å². The van der Waals surface area contributed by atoms with Crippen molar-refractivity contribution < 1.29 is 23.1 Å². The smallest absolute Gasteiger partial charge is 0.317 e. The number of carbonyl (C=O) groups is 2. The molecule has 0 aromatic carbocycles. The topological polar surface area (TPSA) is 107 Å². The number of carboxylic acid groups (broad SMARTS) is 1. The highest BCUT2D eigenvalue weighted by Crippen LogP contribution is 2.33. The van der Waals surface area contributed by atoms with Crippen molar-refractivity contribution >= 4 is 21.9 Å². The fourth-order valence-electron chi connectivity index (χ4n) is 3.62. The van der Waals surface area contributed by atoms with E-state index in [2.05, 4.69) is 5.32 Å². The van der Waals surface area contributed by atoms with Crippen molar-refractivity contribution in [3.8, 4) is 0 Å². The van der Waals surface area contributed by atoms with E-state index >= 15 is 0 Å². The zero-order valence-electron chi connectivity index (χ0n) is 14.4. The first-order valence-corrected chi connectivity index (χ1v) is 10.7. The Bertz CT molecular complexity index is 613. The molecule has 0 aromatic heterocycles. The number of amides is 1. The second-order valence-corrected chi connectivity index (χ2v) is 9.56. The molecular formula is C16H27N3O5S. The Morgan fingerprint density at radius 3 is 2.52 bits per heavy atom. The van der Waals surface area contributed by atoms with Crippen LogP contribution >= 0.6 is 0 Å². The molecule has 0 spiro atoms. The van der Waals surface area contributed by atoms with Gasteiger partial charge in [-0.1, -0.05) is 0 Å². The number of aliphatic carboxylic acids is 1. The van der Waals surface area contributed by atoms with Crippen LogP contribution in [0.5, 0.6) is 0 Å². The van der Waals surface area contributed by atoms with E-state index in [1.165, 1.54) is 17.1 Å². The second kappa shape index (κ2) is 7.59. The fourth-order valence-corrected chi connectivity index (χ4v) is 5.15. The molecule has 0 unspecified atom stereocenters. The normalized spacial score (nSPS) is 28.7. The zero-order valence-corrected chi connectivity index (χ0v) is 15.2. The molecule has 9 heteroatoms. The van der Waals surface area contributed by atoms with Gasteiger partial charge in [0.05, 0.1) is 12.3 Å². The van der Waals surface area contributed by atoms with Crippen LogP contribution in [0.25, 0.3) is 0 Å². The molecule has 0 bridgehead atoms. The summed E-state index contributed by atoms with van der Waals surface area (Å²) in [4.78, 5) is 25.1. The highest BCUT2D eigenvalue weighted by atomic mass is 32.2. The van der Waals surface area contributed by atoms with E-state index in [1.807, 2.05) is 4.90 Å². The van der Waals surface area contributed by atoms with E-state index in [9.17, 15) is 18.0 Å². The lowest BCUT2D eigenvalue weighted by molar-refractivity contribution is -0.140. The van der Waals surface area contributed by atoms with Gasteiger partial charge in [0.2, 0.25) is 15.9 Å². The van der Waals surface area contributed by atoms with E-state index in [0.717, 1.165) is 19.4 Å². The maximum atomic E-state index is 12.0. The van der Waals surface area contributed by atoms with Gasteiger partial charge in [-0.05, 0) is 38.0 Å². The summed E-state index contributed by atoms with van der Waals surface area (Å²) in [5.41, 5.74) is 0. The van der Waals surface area contributed by atoms with Crippen molar-refractivity contribution in [1.29, 1.82) is 0 Å². The zero-order chi connectivity index (χ0) is 18.0. The number of hydrogen-bond donors (Lipinski definition) is 2. The second-order valence-electron chi connectivity index (χ2n) is 7.47. The maximum absolute atomic E-state index is 12.0. The SMILES string of the molecule is O=C(O)CN(CC1CC1)C1CC(NC(=O)CCN2CCCS2(=O)=O)C1. The third kappa shape index (κ3) is 5.15. The number of nitrogens with zero attached hydrogens (tertiary/aromatic N) is 2. The van der Waals surface area contributed by atoms with Gasteiger partial charge < -0.3 is 10.4 Å². The minimum Gasteiger partial charge on any atom is -0.480 e. The van der Waals surface area contributed by atoms with E-state index in [1.54, 1.807) is 0 Å². The molecular weight excluding hydrogens is 346 g/mol. The molecule has 3 fully saturated rings. The number of carboxylic acids is 1. The molecule has 1 aliphatic heterocycles. The summed E-state index contributed by atoms with van der Waals surface area (Å²) < 4.78 is 24.8.